The van der Waals surface area contributed by atoms with Gasteiger partial charge in [-0.1, -0.05) is 78.9 Å². The van der Waals surface area contributed by atoms with Crippen LogP contribution in [0.3, 0.4) is 0 Å². The van der Waals surface area contributed by atoms with Gasteiger partial charge in [0.1, 0.15) is 11.4 Å². The number of aromatic nitrogens is 2. The predicted molar refractivity (Wildman–Crippen MR) is 130 cm³/mol. The van der Waals surface area contributed by atoms with E-state index in [1.807, 2.05) is 54.7 Å². The maximum absolute atomic E-state index is 11.3. The number of rotatable bonds is 9. The summed E-state index contributed by atoms with van der Waals surface area (Å²) in [6.07, 6.45) is 11.7. The molecular weight excluding hydrogens is 424 g/mol. The van der Waals surface area contributed by atoms with Gasteiger partial charge in [-0.05, 0) is 30.2 Å². The van der Waals surface area contributed by atoms with Crippen LogP contribution in [0.2, 0.25) is 0 Å². The van der Waals surface area contributed by atoms with Gasteiger partial charge in [-0.3, -0.25) is 0 Å². The molecule has 31 heavy (non-hydrogen) atoms. The Morgan fingerprint density at radius 3 is 2.71 bits per heavy atom. The van der Waals surface area contributed by atoms with E-state index < -0.39 is 5.60 Å². The summed E-state index contributed by atoms with van der Waals surface area (Å²) in [5, 5.41) is 15.4. The largest absolute Gasteiger partial charge is 0.383 e. The number of pyridine rings is 1. The quantitative estimate of drug-likeness (QED) is 0.431. The first-order chi connectivity index (χ1) is 15.1. The summed E-state index contributed by atoms with van der Waals surface area (Å²) in [5.41, 5.74) is 0.134. The van der Waals surface area contributed by atoms with Crippen LogP contribution in [0.25, 0.3) is 0 Å². The second kappa shape index (κ2) is 10.1. The zero-order valence-electron chi connectivity index (χ0n) is 17.4. The number of hydrogen-bond donors (Lipinski definition) is 2. The Hall–Kier alpha value is -2.61. The van der Waals surface area contributed by atoms with Crippen LogP contribution >= 0.6 is 23.1 Å². The van der Waals surface area contributed by atoms with Gasteiger partial charge in [0.15, 0.2) is 5.13 Å². The highest BCUT2D eigenvalue weighted by atomic mass is 32.2. The molecule has 0 bridgehead atoms. The first-order valence-corrected chi connectivity index (χ1v) is 12.0. The van der Waals surface area contributed by atoms with Gasteiger partial charge in [-0.2, -0.15) is 0 Å². The lowest BCUT2D eigenvalue weighted by molar-refractivity contribution is 0.00382. The van der Waals surface area contributed by atoms with Crippen LogP contribution in [0.1, 0.15) is 25.3 Å². The smallest absolute Gasteiger partial charge is 0.189 e. The number of β-amino-alcohol motifs (C(OH)–C–C–N with tert-alkyl or cyclic N) is 1. The van der Waals surface area contributed by atoms with E-state index in [2.05, 4.69) is 45.5 Å². The van der Waals surface area contributed by atoms with Gasteiger partial charge in [0.2, 0.25) is 0 Å². The molecule has 0 fully saturated rings. The molecular formula is C24H26N4OS2. The molecule has 0 saturated heterocycles. The third-order valence-corrected chi connectivity index (χ3v) is 7.07. The molecule has 0 radical (unpaired) electrons. The molecule has 160 valence electrons. The van der Waals surface area contributed by atoms with Crippen LogP contribution in [-0.2, 0) is 5.60 Å². The molecule has 0 aliphatic carbocycles. The van der Waals surface area contributed by atoms with Gasteiger partial charge >= 0.3 is 0 Å². The second-order valence-electron chi connectivity index (χ2n) is 7.43. The third-order valence-electron chi connectivity index (χ3n) is 5.02. The van der Waals surface area contributed by atoms with Crippen LogP contribution < -0.4 is 5.32 Å². The number of anilines is 2. The zero-order chi connectivity index (χ0) is 21.5. The third kappa shape index (κ3) is 5.76. The fraction of sp³-hybridized carbons (Fsp3) is 0.250. The number of nitrogens with zero attached hydrogens (tertiary/aromatic N) is 3. The van der Waals surface area contributed by atoms with E-state index in [9.17, 15) is 5.11 Å². The summed E-state index contributed by atoms with van der Waals surface area (Å²) >= 11 is 3.31. The first-order valence-electron chi connectivity index (χ1n) is 10.4. The van der Waals surface area contributed by atoms with Crippen LogP contribution in [0.15, 0.2) is 88.4 Å². The number of aliphatic hydroxyl groups is 1. The Labute approximate surface area is 191 Å². The van der Waals surface area contributed by atoms with E-state index in [0.717, 1.165) is 40.1 Å². The summed E-state index contributed by atoms with van der Waals surface area (Å²) in [7, 11) is 0. The van der Waals surface area contributed by atoms with Crippen molar-refractivity contribution in [3.05, 3.63) is 89.7 Å². The minimum absolute atomic E-state index is 0.578. The zero-order valence-corrected chi connectivity index (χ0v) is 19.1. The van der Waals surface area contributed by atoms with Crippen LogP contribution in [0.5, 0.6) is 0 Å². The van der Waals surface area contributed by atoms with Gasteiger partial charge < -0.3 is 15.3 Å². The van der Waals surface area contributed by atoms with Crippen molar-refractivity contribution in [3.63, 3.8) is 0 Å². The van der Waals surface area contributed by atoms with Crippen molar-refractivity contribution in [1.82, 2.24) is 14.9 Å². The number of thioether (sulfide) groups is 1. The van der Waals surface area contributed by atoms with Crippen molar-refractivity contribution in [2.24, 2.45) is 0 Å². The maximum atomic E-state index is 11.3. The molecule has 3 heterocycles. The number of allylic oxidation sites excluding steroid dienone is 1. The maximum Gasteiger partial charge on any atom is 0.189 e. The molecule has 5 nitrogen and oxygen atoms in total. The molecule has 1 aromatic carbocycles. The average molecular weight is 451 g/mol. The molecule has 1 atom stereocenters. The Morgan fingerprint density at radius 2 is 2.00 bits per heavy atom. The summed E-state index contributed by atoms with van der Waals surface area (Å²) < 4.78 is 1.12. The molecule has 3 aromatic rings. The van der Waals surface area contributed by atoms with E-state index in [0.29, 0.717) is 6.54 Å². The van der Waals surface area contributed by atoms with Crippen molar-refractivity contribution < 1.29 is 5.11 Å². The molecule has 0 spiro atoms. The number of benzene rings is 1. The molecule has 0 saturated carbocycles. The standard InChI is InChI=1S/C24H26N4OS2/c1-2-13-24(29,19-8-4-3-5-9-19)18-28-15-11-20(12-16-28)30-22-17-26-23(31-22)27-21-10-6-7-14-25-21/h3-12,14-15,17,29H,2,13,16,18H2,1H3,(H,25,26,27). The highest BCUT2D eigenvalue weighted by Gasteiger charge is 2.30. The summed E-state index contributed by atoms with van der Waals surface area (Å²) in [5.74, 6) is 0.791. The van der Waals surface area contributed by atoms with Crippen LogP contribution in [0.4, 0.5) is 10.9 Å². The van der Waals surface area contributed by atoms with Crippen LogP contribution in [-0.4, -0.2) is 33.1 Å². The molecule has 2 aromatic heterocycles. The average Bonchev–Trinajstić information content (AvgIpc) is 3.23. The molecule has 7 heteroatoms. The minimum Gasteiger partial charge on any atom is -0.383 e. The summed E-state index contributed by atoms with van der Waals surface area (Å²) in [6, 6.07) is 15.8. The van der Waals surface area contributed by atoms with Crippen molar-refractivity contribution in [2.45, 2.75) is 29.6 Å². The first kappa shape index (κ1) is 21.6. The molecule has 0 amide bonds. The number of thiazole rings is 1. The van der Waals surface area contributed by atoms with E-state index in [-0.39, 0.29) is 0 Å². The number of nitrogens with one attached hydrogen (secondary N) is 1. The normalized spacial score (nSPS) is 15.4. The van der Waals surface area contributed by atoms with Gasteiger partial charge in [-0.15, -0.1) is 0 Å². The van der Waals surface area contributed by atoms with E-state index in [1.54, 1.807) is 29.3 Å². The lowest BCUT2D eigenvalue weighted by atomic mass is 9.88. The topological polar surface area (TPSA) is 61.3 Å². The predicted octanol–water partition coefficient (Wildman–Crippen LogP) is 5.77. The lowest BCUT2D eigenvalue weighted by Gasteiger charge is -2.35. The van der Waals surface area contributed by atoms with Crippen molar-refractivity contribution >= 4 is 34.0 Å². The van der Waals surface area contributed by atoms with E-state index >= 15 is 0 Å². The Balaban J connectivity index is 1.35. The van der Waals surface area contributed by atoms with Crippen LogP contribution in [0, 0.1) is 0 Å². The Morgan fingerprint density at radius 1 is 1.16 bits per heavy atom. The Kier molecular flexibility index (Phi) is 7.06. The fourth-order valence-corrected chi connectivity index (χ4v) is 5.42. The van der Waals surface area contributed by atoms with E-state index in [1.165, 1.54) is 4.91 Å². The minimum atomic E-state index is -0.845. The van der Waals surface area contributed by atoms with Gasteiger partial charge in [0.25, 0.3) is 0 Å². The van der Waals surface area contributed by atoms with Gasteiger partial charge in [-0.25, -0.2) is 9.97 Å². The fourth-order valence-electron chi connectivity index (χ4n) is 3.55. The number of hydrogen-bond acceptors (Lipinski definition) is 7. The van der Waals surface area contributed by atoms with Gasteiger partial charge in [0, 0.05) is 23.8 Å². The molecule has 1 aliphatic rings. The molecule has 2 N–H and O–H groups in total. The van der Waals surface area contributed by atoms with Crippen molar-refractivity contribution in [3.8, 4) is 0 Å². The molecule has 1 aliphatic heterocycles. The summed E-state index contributed by atoms with van der Waals surface area (Å²) in [4.78, 5) is 12.1. The lowest BCUT2D eigenvalue weighted by Crippen LogP contribution is -2.39. The Bertz CT molecular complexity index is 1040. The van der Waals surface area contributed by atoms with Gasteiger partial charge in [0.05, 0.1) is 17.0 Å². The highest BCUT2D eigenvalue weighted by Crippen LogP contribution is 2.36. The second-order valence-corrected chi connectivity index (χ2v) is 9.83. The SMILES string of the molecule is CCCC(O)(CN1C=CC(Sc2cnc(Nc3ccccn3)s2)=CC1)c1ccccc1. The van der Waals surface area contributed by atoms with E-state index in [4.69, 9.17) is 0 Å². The molecule has 4 rings (SSSR count). The summed E-state index contributed by atoms with van der Waals surface area (Å²) in [6.45, 7) is 3.46. The van der Waals surface area contributed by atoms with Crippen molar-refractivity contribution in [2.75, 3.05) is 18.4 Å². The monoisotopic (exact) mass is 450 g/mol. The van der Waals surface area contributed by atoms with Crippen molar-refractivity contribution in [1.29, 1.82) is 0 Å². The highest BCUT2D eigenvalue weighted by molar-refractivity contribution is 8.05. The molecule has 1 unspecified atom stereocenters.